The highest BCUT2D eigenvalue weighted by Gasteiger charge is 2.22. The average molecular weight is 376 g/mol. The Kier molecular flexibility index (Phi) is 5.58. The summed E-state index contributed by atoms with van der Waals surface area (Å²) in [5.41, 5.74) is 0.862. The number of carboxylic acid groups (broad SMARTS) is 1. The van der Waals surface area contributed by atoms with Crippen LogP contribution in [0, 0.1) is 0 Å². The van der Waals surface area contributed by atoms with Crippen LogP contribution in [0.4, 0.5) is 5.69 Å². The Balaban J connectivity index is 1.48. The summed E-state index contributed by atoms with van der Waals surface area (Å²) in [6.45, 7) is 2.44. The molecule has 7 nitrogen and oxygen atoms in total. The quantitative estimate of drug-likeness (QED) is 0.862. The Morgan fingerprint density at radius 1 is 1.08 bits per heavy atom. The number of piperazine rings is 1. The smallest absolute Gasteiger partial charge is 0.354 e. The Hall–Kier alpha value is -2.80. The molecule has 1 N–H and O–H groups in total. The number of anilines is 1. The molecule has 0 radical (unpaired) electrons. The van der Waals surface area contributed by atoms with Crippen LogP contribution in [0.25, 0.3) is 0 Å². The molecule has 0 aliphatic carbocycles. The monoisotopic (exact) mass is 375 g/mol. The number of carbonyl (C=O) groups excluding carboxylic acids is 1. The minimum atomic E-state index is -1.05. The molecular formula is C18H18ClN3O4. The van der Waals surface area contributed by atoms with Crippen LogP contribution < -0.4 is 9.64 Å². The molecule has 0 bridgehead atoms. The third-order valence-corrected chi connectivity index (χ3v) is 4.39. The van der Waals surface area contributed by atoms with Crippen molar-refractivity contribution < 1.29 is 19.4 Å². The summed E-state index contributed by atoms with van der Waals surface area (Å²) in [6.07, 6.45) is 1.55. The largest absolute Gasteiger partial charge is 0.484 e. The number of benzene rings is 1. The van der Waals surface area contributed by atoms with E-state index in [9.17, 15) is 9.59 Å². The van der Waals surface area contributed by atoms with Crippen LogP contribution >= 0.6 is 11.6 Å². The first-order chi connectivity index (χ1) is 12.5. The van der Waals surface area contributed by atoms with Crippen LogP contribution in [0.3, 0.4) is 0 Å². The number of nitrogens with zero attached hydrogens (tertiary/aromatic N) is 3. The Morgan fingerprint density at radius 3 is 2.35 bits per heavy atom. The van der Waals surface area contributed by atoms with Gasteiger partial charge in [0.05, 0.1) is 11.9 Å². The van der Waals surface area contributed by atoms with Gasteiger partial charge < -0.3 is 19.6 Å². The summed E-state index contributed by atoms with van der Waals surface area (Å²) in [6, 6.07) is 10.1. The average Bonchev–Trinajstić information content (AvgIpc) is 2.67. The second kappa shape index (κ2) is 8.05. The van der Waals surface area contributed by atoms with E-state index in [-0.39, 0.29) is 18.2 Å². The van der Waals surface area contributed by atoms with E-state index in [2.05, 4.69) is 9.88 Å². The first-order valence-corrected chi connectivity index (χ1v) is 8.51. The molecule has 1 aromatic heterocycles. The third kappa shape index (κ3) is 4.43. The molecule has 2 heterocycles. The molecule has 3 rings (SSSR count). The summed E-state index contributed by atoms with van der Waals surface area (Å²) in [7, 11) is 0. The molecule has 1 amide bonds. The highest BCUT2D eigenvalue weighted by molar-refractivity contribution is 6.30. The standard InChI is InChI=1S/C18H18ClN3O4/c19-13-1-4-15(5-2-13)26-12-17(23)22-9-7-21(8-10-22)14-3-6-16(18(24)25)20-11-14/h1-6,11H,7-10,12H2,(H,24,25). The number of aromatic nitrogens is 1. The van der Waals surface area contributed by atoms with E-state index in [1.807, 2.05) is 0 Å². The van der Waals surface area contributed by atoms with Crippen molar-refractivity contribution in [3.63, 3.8) is 0 Å². The Bertz CT molecular complexity index is 772. The number of amides is 1. The highest BCUT2D eigenvalue weighted by atomic mass is 35.5. The summed E-state index contributed by atoms with van der Waals surface area (Å²) in [5, 5.41) is 9.51. The predicted octanol–water partition coefficient (Wildman–Crippen LogP) is 2.16. The number of carboxylic acids is 1. The maximum atomic E-state index is 12.3. The first-order valence-electron chi connectivity index (χ1n) is 8.13. The van der Waals surface area contributed by atoms with Crippen molar-refractivity contribution in [2.24, 2.45) is 0 Å². The van der Waals surface area contributed by atoms with Crippen LogP contribution in [0.1, 0.15) is 10.5 Å². The molecule has 1 aliphatic rings. The number of aromatic carboxylic acids is 1. The fraction of sp³-hybridized carbons (Fsp3) is 0.278. The van der Waals surface area contributed by atoms with Crippen molar-refractivity contribution in [3.8, 4) is 5.75 Å². The summed E-state index contributed by atoms with van der Waals surface area (Å²) >= 11 is 5.82. The lowest BCUT2D eigenvalue weighted by atomic mass is 10.2. The zero-order valence-electron chi connectivity index (χ0n) is 14.0. The maximum absolute atomic E-state index is 12.3. The van der Waals surface area contributed by atoms with E-state index in [0.29, 0.717) is 37.0 Å². The highest BCUT2D eigenvalue weighted by Crippen LogP contribution is 2.17. The molecule has 1 aromatic carbocycles. The van der Waals surface area contributed by atoms with E-state index < -0.39 is 5.97 Å². The Morgan fingerprint density at radius 2 is 1.77 bits per heavy atom. The van der Waals surface area contributed by atoms with Gasteiger partial charge in [-0.15, -0.1) is 0 Å². The minimum absolute atomic E-state index is 0.0157. The van der Waals surface area contributed by atoms with Gasteiger partial charge in [-0.05, 0) is 36.4 Å². The van der Waals surface area contributed by atoms with Gasteiger partial charge in [-0.2, -0.15) is 0 Å². The number of rotatable bonds is 5. The molecule has 1 aliphatic heterocycles. The molecule has 1 saturated heterocycles. The molecule has 0 spiro atoms. The fourth-order valence-corrected chi connectivity index (χ4v) is 2.81. The van der Waals surface area contributed by atoms with Crippen molar-refractivity contribution in [2.45, 2.75) is 0 Å². The summed E-state index contributed by atoms with van der Waals surface area (Å²) < 4.78 is 5.49. The second-order valence-corrected chi connectivity index (χ2v) is 6.25. The van der Waals surface area contributed by atoms with Crippen LogP contribution in [-0.4, -0.2) is 59.7 Å². The number of carbonyl (C=O) groups is 2. The molecule has 136 valence electrons. The molecule has 0 saturated carbocycles. The number of hydrogen-bond acceptors (Lipinski definition) is 5. The van der Waals surface area contributed by atoms with Crippen molar-refractivity contribution in [1.29, 1.82) is 0 Å². The molecule has 8 heteroatoms. The zero-order chi connectivity index (χ0) is 18.5. The normalized spacial score (nSPS) is 14.2. The number of halogens is 1. The van der Waals surface area contributed by atoms with Crippen LogP contribution in [0.15, 0.2) is 42.6 Å². The number of ether oxygens (including phenoxy) is 1. The van der Waals surface area contributed by atoms with E-state index in [1.54, 1.807) is 41.4 Å². The van der Waals surface area contributed by atoms with Gasteiger partial charge in [-0.3, -0.25) is 4.79 Å². The number of hydrogen-bond donors (Lipinski definition) is 1. The first kappa shape index (κ1) is 18.0. The van der Waals surface area contributed by atoms with Gasteiger partial charge in [-0.1, -0.05) is 11.6 Å². The van der Waals surface area contributed by atoms with Gasteiger partial charge in [0.25, 0.3) is 5.91 Å². The minimum Gasteiger partial charge on any atom is -0.484 e. The van der Waals surface area contributed by atoms with Gasteiger partial charge in [0, 0.05) is 31.2 Å². The molecule has 0 unspecified atom stereocenters. The van der Waals surface area contributed by atoms with E-state index in [1.165, 1.54) is 6.07 Å². The van der Waals surface area contributed by atoms with E-state index in [4.69, 9.17) is 21.4 Å². The lowest BCUT2D eigenvalue weighted by molar-refractivity contribution is -0.133. The van der Waals surface area contributed by atoms with Crippen molar-refractivity contribution in [1.82, 2.24) is 9.88 Å². The summed E-state index contributed by atoms with van der Waals surface area (Å²) in [4.78, 5) is 30.9. The molecule has 1 fully saturated rings. The van der Waals surface area contributed by atoms with Crippen molar-refractivity contribution in [2.75, 3.05) is 37.7 Å². The Labute approximate surface area is 155 Å². The van der Waals surface area contributed by atoms with Crippen LogP contribution in [0.5, 0.6) is 5.75 Å². The van der Waals surface area contributed by atoms with Gasteiger partial charge in [0.1, 0.15) is 11.4 Å². The van der Waals surface area contributed by atoms with Gasteiger partial charge in [0.15, 0.2) is 6.61 Å². The number of pyridine rings is 1. The SMILES string of the molecule is O=C(O)c1ccc(N2CCN(C(=O)COc3ccc(Cl)cc3)CC2)cn1. The summed E-state index contributed by atoms with van der Waals surface area (Å²) in [5.74, 6) is -0.516. The topological polar surface area (TPSA) is 83.0 Å². The molecule has 2 aromatic rings. The predicted molar refractivity (Wildman–Crippen MR) is 96.9 cm³/mol. The van der Waals surface area contributed by atoms with Crippen molar-refractivity contribution in [3.05, 3.63) is 53.3 Å². The lowest BCUT2D eigenvalue weighted by Crippen LogP contribution is -2.50. The van der Waals surface area contributed by atoms with Gasteiger partial charge in [-0.25, -0.2) is 9.78 Å². The van der Waals surface area contributed by atoms with Crippen LogP contribution in [-0.2, 0) is 4.79 Å². The second-order valence-electron chi connectivity index (χ2n) is 5.82. The van der Waals surface area contributed by atoms with Gasteiger partial charge >= 0.3 is 5.97 Å². The van der Waals surface area contributed by atoms with E-state index in [0.717, 1.165) is 5.69 Å². The molecular weight excluding hydrogens is 358 g/mol. The zero-order valence-corrected chi connectivity index (χ0v) is 14.7. The molecule has 26 heavy (non-hydrogen) atoms. The van der Waals surface area contributed by atoms with E-state index >= 15 is 0 Å². The lowest BCUT2D eigenvalue weighted by Gasteiger charge is -2.35. The van der Waals surface area contributed by atoms with Crippen LogP contribution in [0.2, 0.25) is 5.02 Å². The maximum Gasteiger partial charge on any atom is 0.354 e. The third-order valence-electron chi connectivity index (χ3n) is 4.14. The fourth-order valence-electron chi connectivity index (χ4n) is 2.68. The van der Waals surface area contributed by atoms with Crippen molar-refractivity contribution >= 4 is 29.2 Å². The van der Waals surface area contributed by atoms with Gasteiger partial charge in [0.2, 0.25) is 0 Å². The molecule has 0 atom stereocenters.